The van der Waals surface area contributed by atoms with Crippen LogP contribution in [0.3, 0.4) is 0 Å². The van der Waals surface area contributed by atoms with E-state index in [9.17, 15) is 24.4 Å². The second kappa shape index (κ2) is 11.0. The number of rotatable bonds is 8. The minimum absolute atomic E-state index is 0.0352. The number of carbonyl (C=O) groups excluding carboxylic acids is 3. The molecule has 41 heavy (non-hydrogen) atoms. The lowest BCUT2D eigenvalue weighted by Crippen LogP contribution is -2.45. The molecule has 212 valence electrons. The van der Waals surface area contributed by atoms with E-state index in [1.54, 1.807) is 29.2 Å². The van der Waals surface area contributed by atoms with Crippen molar-refractivity contribution in [3.05, 3.63) is 86.1 Å². The van der Waals surface area contributed by atoms with E-state index in [1.807, 2.05) is 19.1 Å². The van der Waals surface area contributed by atoms with Crippen LogP contribution in [0, 0.1) is 11.3 Å². The number of carbonyl (C=O) groups is 3. The van der Waals surface area contributed by atoms with Crippen LogP contribution in [0.1, 0.15) is 75.0 Å². The summed E-state index contributed by atoms with van der Waals surface area (Å²) < 4.78 is 0. The number of nitriles is 1. The number of aryl methyl sites for hydroxylation is 2. The van der Waals surface area contributed by atoms with Gasteiger partial charge >= 0.3 is 5.69 Å². The van der Waals surface area contributed by atoms with Crippen molar-refractivity contribution < 1.29 is 14.4 Å². The summed E-state index contributed by atoms with van der Waals surface area (Å²) in [6.45, 7) is 2.52. The Hall–Kier alpha value is -4.76. The summed E-state index contributed by atoms with van der Waals surface area (Å²) in [5, 5.41) is 19.6. The number of hydrogen-bond donors (Lipinski definition) is 5. The van der Waals surface area contributed by atoms with Crippen LogP contribution in [0.2, 0.25) is 0 Å². The molecular formula is C29H32N8O4. The molecule has 3 amide bonds. The Balaban J connectivity index is 1.61. The van der Waals surface area contributed by atoms with Crippen molar-refractivity contribution in [3.8, 4) is 6.07 Å². The molecule has 0 saturated carbocycles. The monoisotopic (exact) mass is 556 g/mol. The first-order valence-corrected chi connectivity index (χ1v) is 13.6. The van der Waals surface area contributed by atoms with Crippen molar-refractivity contribution in [2.24, 2.45) is 11.5 Å². The fraction of sp³-hybridized carbons (Fsp3) is 0.379. The molecule has 1 aliphatic carbocycles. The predicted molar refractivity (Wildman–Crippen MR) is 149 cm³/mol. The number of amides is 3. The molecule has 1 aromatic heterocycles. The molecule has 0 radical (unpaired) electrons. The zero-order chi connectivity index (χ0) is 29.3. The molecule has 5 rings (SSSR count). The van der Waals surface area contributed by atoms with Gasteiger partial charge in [-0.15, -0.1) is 0 Å². The number of fused-ring (bicyclic) bond motifs is 2. The maximum absolute atomic E-state index is 13.0. The molecule has 1 unspecified atom stereocenters. The lowest BCUT2D eigenvalue weighted by molar-refractivity contribution is -0.130. The fourth-order valence-corrected chi connectivity index (χ4v) is 6.29. The zero-order valence-corrected chi connectivity index (χ0v) is 22.7. The zero-order valence-electron chi connectivity index (χ0n) is 22.7. The van der Waals surface area contributed by atoms with Crippen molar-refractivity contribution in [1.82, 2.24) is 25.4 Å². The van der Waals surface area contributed by atoms with E-state index in [2.05, 4.69) is 26.6 Å². The van der Waals surface area contributed by atoms with E-state index in [0.717, 1.165) is 28.7 Å². The van der Waals surface area contributed by atoms with Gasteiger partial charge in [0.05, 0.1) is 18.0 Å². The van der Waals surface area contributed by atoms with Crippen molar-refractivity contribution in [2.45, 2.75) is 56.5 Å². The van der Waals surface area contributed by atoms with Gasteiger partial charge < -0.3 is 21.7 Å². The quantitative estimate of drug-likeness (QED) is 0.267. The smallest absolute Gasteiger partial charge is 0.340 e. The van der Waals surface area contributed by atoms with Crippen LogP contribution in [0.15, 0.2) is 41.2 Å². The molecular weight excluding hydrogens is 524 g/mol. The number of aromatic amines is 2. The molecule has 1 fully saturated rings. The van der Waals surface area contributed by atoms with Crippen LogP contribution < -0.4 is 22.5 Å². The molecule has 0 spiro atoms. The van der Waals surface area contributed by atoms with Gasteiger partial charge in [-0.3, -0.25) is 19.4 Å². The maximum atomic E-state index is 13.0. The number of hydrogen-bond acceptors (Lipinski definition) is 7. The molecule has 2 aromatic carbocycles. The normalized spacial score (nSPS) is 18.0. The second-order valence-corrected chi connectivity index (χ2v) is 10.8. The van der Waals surface area contributed by atoms with E-state index >= 15 is 0 Å². The van der Waals surface area contributed by atoms with Gasteiger partial charge in [-0.1, -0.05) is 12.1 Å². The molecule has 2 atom stereocenters. The Morgan fingerprint density at radius 2 is 1.73 bits per heavy atom. The standard InChI is InChI=1S/C29H32N8O4/c1-16(33-15-24(38)37-10-2-3-21(37)14-30)13-29(27-34-28(41)36-35-27)22-8-6-19(25(31)39)11-17(22)4-5-18-12-20(26(32)40)7-9-23(18)29/h6-9,11-12,16,21,33H,2-5,10,13,15H2,1H3,(H2,31,39)(H2,32,40)(H2,34,35,36,41)/t16-,21?/m0/s1. The average Bonchev–Trinajstić information content (AvgIpc) is 3.60. The Morgan fingerprint density at radius 3 is 2.24 bits per heavy atom. The molecule has 2 heterocycles. The third-order valence-corrected chi connectivity index (χ3v) is 8.20. The van der Waals surface area contributed by atoms with Crippen LogP contribution >= 0.6 is 0 Å². The molecule has 12 heteroatoms. The summed E-state index contributed by atoms with van der Waals surface area (Å²) in [6.07, 6.45) is 2.89. The average molecular weight is 557 g/mol. The minimum Gasteiger partial charge on any atom is -0.366 e. The molecule has 1 saturated heterocycles. The summed E-state index contributed by atoms with van der Waals surface area (Å²) in [5.41, 5.74) is 13.7. The first-order valence-electron chi connectivity index (χ1n) is 13.6. The van der Waals surface area contributed by atoms with Crippen LogP contribution in [0.4, 0.5) is 0 Å². The van der Waals surface area contributed by atoms with Crippen LogP contribution in [-0.2, 0) is 23.1 Å². The molecule has 12 nitrogen and oxygen atoms in total. The third-order valence-electron chi connectivity index (χ3n) is 8.20. The summed E-state index contributed by atoms with van der Waals surface area (Å²) in [4.78, 5) is 54.0. The number of benzene rings is 2. The van der Waals surface area contributed by atoms with Gasteiger partial charge in [0.15, 0.2) is 0 Å². The number of H-pyrrole nitrogens is 2. The highest BCUT2D eigenvalue weighted by Gasteiger charge is 2.45. The van der Waals surface area contributed by atoms with Crippen molar-refractivity contribution in [3.63, 3.8) is 0 Å². The topological polar surface area (TPSA) is 204 Å². The molecule has 1 aliphatic heterocycles. The lowest BCUT2D eigenvalue weighted by Gasteiger charge is -2.37. The van der Waals surface area contributed by atoms with E-state index < -0.39 is 29.0 Å². The fourth-order valence-electron chi connectivity index (χ4n) is 6.29. The van der Waals surface area contributed by atoms with Crippen molar-refractivity contribution in [2.75, 3.05) is 13.1 Å². The van der Waals surface area contributed by atoms with E-state index in [1.165, 1.54) is 0 Å². The van der Waals surface area contributed by atoms with Crippen LogP contribution in [0.5, 0.6) is 0 Å². The van der Waals surface area contributed by atoms with Gasteiger partial charge in [0.1, 0.15) is 11.9 Å². The van der Waals surface area contributed by atoms with Crippen LogP contribution in [0.25, 0.3) is 0 Å². The second-order valence-electron chi connectivity index (χ2n) is 10.8. The van der Waals surface area contributed by atoms with E-state index in [-0.39, 0.29) is 18.5 Å². The summed E-state index contributed by atoms with van der Waals surface area (Å²) >= 11 is 0. The predicted octanol–water partition coefficient (Wildman–Crippen LogP) is 0.612. The Kier molecular flexibility index (Phi) is 7.47. The highest BCUT2D eigenvalue weighted by atomic mass is 16.2. The van der Waals surface area contributed by atoms with Crippen LogP contribution in [-0.4, -0.2) is 63.0 Å². The third kappa shape index (κ3) is 5.12. The van der Waals surface area contributed by atoms with Gasteiger partial charge in [0.2, 0.25) is 17.7 Å². The highest BCUT2D eigenvalue weighted by Crippen LogP contribution is 2.46. The summed E-state index contributed by atoms with van der Waals surface area (Å²) in [5.74, 6) is -0.914. The number of nitrogens with one attached hydrogen (secondary N) is 3. The number of nitrogens with zero attached hydrogens (tertiary/aromatic N) is 3. The van der Waals surface area contributed by atoms with Gasteiger partial charge in [-0.2, -0.15) is 10.4 Å². The lowest BCUT2D eigenvalue weighted by atomic mass is 9.67. The first kappa shape index (κ1) is 27.8. The van der Waals surface area contributed by atoms with Gasteiger partial charge in [0, 0.05) is 23.7 Å². The summed E-state index contributed by atoms with van der Waals surface area (Å²) in [6, 6.07) is 12.0. The van der Waals surface area contributed by atoms with Gasteiger partial charge in [-0.05, 0) is 85.5 Å². The van der Waals surface area contributed by atoms with Crippen molar-refractivity contribution in [1.29, 1.82) is 5.26 Å². The highest BCUT2D eigenvalue weighted by molar-refractivity contribution is 5.94. The molecule has 2 aliphatic rings. The number of aromatic nitrogens is 3. The summed E-state index contributed by atoms with van der Waals surface area (Å²) in [7, 11) is 0. The first-order chi connectivity index (χ1) is 19.6. The number of primary amides is 2. The van der Waals surface area contributed by atoms with Gasteiger partial charge in [0.25, 0.3) is 0 Å². The molecule has 7 N–H and O–H groups in total. The van der Waals surface area contributed by atoms with E-state index in [4.69, 9.17) is 11.5 Å². The SMILES string of the molecule is C[C@@H](CC1(c2n[nH]c(=O)[nH]2)c2ccc(C(N)=O)cc2CCc2cc(C(N)=O)ccc21)NCC(=O)N1CCCC1C#N. The number of nitrogens with two attached hydrogens (primary N) is 2. The number of likely N-dealkylation sites (tertiary alicyclic amines) is 1. The Bertz CT molecular complexity index is 1550. The van der Waals surface area contributed by atoms with E-state index in [0.29, 0.717) is 49.2 Å². The maximum Gasteiger partial charge on any atom is 0.340 e. The Labute approximate surface area is 236 Å². The largest absolute Gasteiger partial charge is 0.366 e. The van der Waals surface area contributed by atoms with Crippen molar-refractivity contribution >= 4 is 17.7 Å². The molecule has 3 aromatic rings. The molecule has 0 bridgehead atoms. The Morgan fingerprint density at radius 1 is 1.12 bits per heavy atom. The van der Waals surface area contributed by atoms with Gasteiger partial charge in [-0.25, -0.2) is 9.89 Å². The minimum atomic E-state index is -1.04.